The fraction of sp³-hybridized carbons (Fsp3) is 0.333. The first kappa shape index (κ1) is 17.4. The molecule has 0 radical (unpaired) electrons. The lowest BCUT2D eigenvalue weighted by Crippen LogP contribution is -2.50. The van der Waals surface area contributed by atoms with Gasteiger partial charge in [0.05, 0.1) is 18.9 Å². The molecule has 2 aromatic rings. The number of hydrogen-bond donors (Lipinski definition) is 0. The molecule has 1 saturated heterocycles. The normalized spacial score (nSPS) is 14.5. The number of piperazine rings is 1. The molecule has 0 spiro atoms. The van der Waals surface area contributed by atoms with Crippen molar-refractivity contribution in [2.75, 3.05) is 33.3 Å². The Labute approximate surface area is 150 Å². The van der Waals surface area contributed by atoms with Crippen LogP contribution in [0.5, 0.6) is 5.75 Å². The highest BCUT2D eigenvalue weighted by atomic mass is 35.5. The minimum absolute atomic E-state index is 0.149. The fourth-order valence-electron chi connectivity index (χ4n) is 2.83. The molecule has 6 nitrogen and oxygen atoms in total. The maximum absolute atomic E-state index is 12.8. The van der Waals surface area contributed by atoms with Gasteiger partial charge in [0.1, 0.15) is 5.75 Å². The summed E-state index contributed by atoms with van der Waals surface area (Å²) in [5, 5.41) is 0.524. The van der Waals surface area contributed by atoms with E-state index in [0.29, 0.717) is 48.3 Å². The predicted octanol–water partition coefficient (Wildman–Crippen LogP) is 2.85. The number of nitrogens with zero attached hydrogens (tertiary/aromatic N) is 2. The fourth-order valence-corrected chi connectivity index (χ4v) is 2.99. The number of halogens is 1. The third kappa shape index (κ3) is 3.49. The van der Waals surface area contributed by atoms with Gasteiger partial charge in [-0.3, -0.25) is 9.59 Å². The van der Waals surface area contributed by atoms with E-state index in [1.807, 2.05) is 6.92 Å². The summed E-state index contributed by atoms with van der Waals surface area (Å²) >= 11 is 6.16. The van der Waals surface area contributed by atoms with Gasteiger partial charge in [0.2, 0.25) is 0 Å². The molecule has 132 valence electrons. The van der Waals surface area contributed by atoms with Crippen LogP contribution >= 0.6 is 11.6 Å². The monoisotopic (exact) mass is 362 g/mol. The van der Waals surface area contributed by atoms with E-state index in [0.717, 1.165) is 5.56 Å². The van der Waals surface area contributed by atoms with Gasteiger partial charge in [-0.1, -0.05) is 11.6 Å². The second-order valence-corrected chi connectivity index (χ2v) is 6.27. The summed E-state index contributed by atoms with van der Waals surface area (Å²) in [5.74, 6) is 0.504. The van der Waals surface area contributed by atoms with Crippen molar-refractivity contribution in [3.8, 4) is 5.75 Å². The summed E-state index contributed by atoms with van der Waals surface area (Å²) in [6.45, 7) is 3.65. The highest BCUT2D eigenvalue weighted by Crippen LogP contribution is 2.28. The average Bonchev–Trinajstić information content (AvgIpc) is 3.17. The minimum atomic E-state index is -0.159. The van der Waals surface area contributed by atoms with E-state index in [2.05, 4.69) is 0 Å². The summed E-state index contributed by atoms with van der Waals surface area (Å²) in [7, 11) is 1.53. The van der Waals surface area contributed by atoms with Crippen LogP contribution in [0.1, 0.15) is 26.5 Å². The number of carbonyl (C=O) groups is 2. The average molecular weight is 363 g/mol. The van der Waals surface area contributed by atoms with E-state index in [-0.39, 0.29) is 11.8 Å². The van der Waals surface area contributed by atoms with Crippen molar-refractivity contribution in [2.45, 2.75) is 6.92 Å². The van der Waals surface area contributed by atoms with Crippen LogP contribution in [0.2, 0.25) is 5.02 Å². The van der Waals surface area contributed by atoms with Gasteiger partial charge in [-0.15, -0.1) is 0 Å². The van der Waals surface area contributed by atoms with Crippen molar-refractivity contribution >= 4 is 23.4 Å². The van der Waals surface area contributed by atoms with Gasteiger partial charge < -0.3 is 19.0 Å². The Balaban J connectivity index is 1.70. The van der Waals surface area contributed by atoms with E-state index >= 15 is 0 Å². The molecule has 0 bridgehead atoms. The summed E-state index contributed by atoms with van der Waals surface area (Å²) < 4.78 is 10.5. The number of amides is 2. The molecule has 3 rings (SSSR count). The lowest BCUT2D eigenvalue weighted by molar-refractivity contribution is 0.0516. The van der Waals surface area contributed by atoms with E-state index in [1.165, 1.54) is 13.4 Å². The molecule has 0 aliphatic carbocycles. The number of hydrogen-bond acceptors (Lipinski definition) is 4. The highest BCUT2D eigenvalue weighted by molar-refractivity contribution is 6.31. The quantitative estimate of drug-likeness (QED) is 0.842. The van der Waals surface area contributed by atoms with Crippen LogP contribution in [-0.4, -0.2) is 54.9 Å². The smallest absolute Gasteiger partial charge is 0.289 e. The van der Waals surface area contributed by atoms with E-state index < -0.39 is 0 Å². The van der Waals surface area contributed by atoms with Crippen LogP contribution in [-0.2, 0) is 0 Å². The van der Waals surface area contributed by atoms with Crippen LogP contribution in [0, 0.1) is 6.92 Å². The van der Waals surface area contributed by atoms with Gasteiger partial charge in [0, 0.05) is 31.2 Å². The standard InChI is InChI=1S/C18H19ClN2O4/c1-12-10-16(24-2)13(11-14(12)19)17(22)20-5-7-21(8-6-20)18(23)15-4-3-9-25-15/h3-4,9-11H,5-8H2,1-2H3. The van der Waals surface area contributed by atoms with E-state index in [9.17, 15) is 9.59 Å². The zero-order valence-electron chi connectivity index (χ0n) is 14.1. The van der Waals surface area contributed by atoms with Crippen LogP contribution in [0.25, 0.3) is 0 Å². The molecule has 0 saturated carbocycles. The molecule has 25 heavy (non-hydrogen) atoms. The first-order chi connectivity index (χ1) is 12.0. The Morgan fingerprint density at radius 2 is 1.76 bits per heavy atom. The summed E-state index contributed by atoms with van der Waals surface area (Å²) in [4.78, 5) is 28.5. The third-order valence-corrected chi connectivity index (χ3v) is 4.70. The van der Waals surface area contributed by atoms with Crippen LogP contribution < -0.4 is 4.74 Å². The van der Waals surface area contributed by atoms with Crippen molar-refractivity contribution in [1.82, 2.24) is 9.80 Å². The molecular weight excluding hydrogens is 344 g/mol. The van der Waals surface area contributed by atoms with Crippen molar-refractivity contribution in [1.29, 1.82) is 0 Å². The predicted molar refractivity (Wildman–Crippen MR) is 93.3 cm³/mol. The zero-order chi connectivity index (χ0) is 18.0. The molecule has 2 heterocycles. The molecule has 7 heteroatoms. The number of ether oxygens (including phenoxy) is 1. The van der Waals surface area contributed by atoms with Gasteiger partial charge in [0.15, 0.2) is 5.76 Å². The number of rotatable bonds is 3. The zero-order valence-corrected chi connectivity index (χ0v) is 14.9. The Bertz CT molecular complexity index is 781. The largest absolute Gasteiger partial charge is 0.496 e. The number of aryl methyl sites for hydroxylation is 1. The minimum Gasteiger partial charge on any atom is -0.496 e. The molecule has 0 unspecified atom stereocenters. The molecule has 1 aromatic heterocycles. The van der Waals surface area contributed by atoms with Crippen molar-refractivity contribution in [3.63, 3.8) is 0 Å². The first-order valence-corrected chi connectivity index (χ1v) is 8.35. The van der Waals surface area contributed by atoms with Crippen molar-refractivity contribution in [2.24, 2.45) is 0 Å². The molecule has 0 atom stereocenters. The summed E-state index contributed by atoms with van der Waals surface area (Å²) in [6, 6.07) is 6.71. The van der Waals surface area contributed by atoms with Crippen LogP contribution in [0.15, 0.2) is 34.9 Å². The number of furan rings is 1. The number of carbonyl (C=O) groups excluding carboxylic acids is 2. The maximum atomic E-state index is 12.8. The van der Waals surface area contributed by atoms with Gasteiger partial charge in [-0.2, -0.15) is 0 Å². The molecule has 1 fully saturated rings. The van der Waals surface area contributed by atoms with E-state index in [4.69, 9.17) is 20.8 Å². The Hall–Kier alpha value is -2.47. The van der Waals surface area contributed by atoms with Gasteiger partial charge in [0.25, 0.3) is 11.8 Å². The first-order valence-electron chi connectivity index (χ1n) is 7.97. The third-order valence-electron chi connectivity index (χ3n) is 4.30. The summed E-state index contributed by atoms with van der Waals surface area (Å²) in [5.41, 5.74) is 1.29. The number of benzene rings is 1. The van der Waals surface area contributed by atoms with Gasteiger partial charge in [-0.05, 0) is 36.8 Å². The van der Waals surface area contributed by atoms with Crippen molar-refractivity contribution < 1.29 is 18.7 Å². The van der Waals surface area contributed by atoms with Gasteiger partial charge >= 0.3 is 0 Å². The molecule has 1 aliphatic rings. The lowest BCUT2D eigenvalue weighted by Gasteiger charge is -2.34. The molecule has 0 N–H and O–H groups in total. The lowest BCUT2D eigenvalue weighted by atomic mass is 10.1. The van der Waals surface area contributed by atoms with Crippen molar-refractivity contribution in [3.05, 3.63) is 52.4 Å². The Kier molecular flexibility index (Phi) is 4.99. The SMILES string of the molecule is COc1cc(C)c(Cl)cc1C(=O)N1CCN(C(=O)c2ccco2)CC1. The molecular formula is C18H19ClN2O4. The highest BCUT2D eigenvalue weighted by Gasteiger charge is 2.28. The Morgan fingerprint density at radius 1 is 1.12 bits per heavy atom. The van der Waals surface area contributed by atoms with E-state index in [1.54, 1.807) is 34.1 Å². The topological polar surface area (TPSA) is 63.0 Å². The summed E-state index contributed by atoms with van der Waals surface area (Å²) in [6.07, 6.45) is 1.47. The van der Waals surface area contributed by atoms with Gasteiger partial charge in [-0.25, -0.2) is 0 Å². The number of methoxy groups -OCH3 is 1. The van der Waals surface area contributed by atoms with Crippen LogP contribution in [0.3, 0.4) is 0 Å². The maximum Gasteiger partial charge on any atom is 0.289 e. The molecule has 2 amide bonds. The second kappa shape index (κ2) is 7.19. The molecule has 1 aromatic carbocycles. The molecule has 1 aliphatic heterocycles. The Morgan fingerprint density at radius 3 is 2.32 bits per heavy atom. The second-order valence-electron chi connectivity index (χ2n) is 5.86. The van der Waals surface area contributed by atoms with Crippen LogP contribution in [0.4, 0.5) is 0 Å².